The van der Waals surface area contributed by atoms with Gasteiger partial charge in [-0.2, -0.15) is 0 Å². The van der Waals surface area contributed by atoms with Crippen LogP contribution in [0.3, 0.4) is 0 Å². The average Bonchev–Trinajstić information content (AvgIpc) is 4.20. The lowest BCUT2D eigenvalue weighted by molar-refractivity contribution is -0.0292. The molecule has 2 heterocycles. The number of ether oxygens (including phenoxy) is 2. The number of rotatable bonds is 15. The third-order valence-electron chi connectivity index (χ3n) is 23.0. The summed E-state index contributed by atoms with van der Waals surface area (Å²) in [7, 11) is -3.97. The maximum atomic E-state index is 10.4. The molecule has 2 saturated heterocycles. The van der Waals surface area contributed by atoms with Crippen molar-refractivity contribution in [1.29, 1.82) is 0 Å². The molecule has 2 aliphatic heterocycles. The van der Waals surface area contributed by atoms with E-state index in [2.05, 4.69) is 141 Å². The molecule has 436 valence electrons. The fourth-order valence-electron chi connectivity index (χ4n) is 15.9. The molecule has 8 fully saturated rings. The van der Waals surface area contributed by atoms with Crippen LogP contribution in [0, 0.1) is 51.8 Å². The van der Waals surface area contributed by atoms with E-state index in [1.54, 1.807) is 11.1 Å². The zero-order valence-electron chi connectivity index (χ0n) is 52.6. The van der Waals surface area contributed by atoms with Crippen molar-refractivity contribution >= 4 is 16.6 Å². The van der Waals surface area contributed by atoms with E-state index in [-0.39, 0.29) is 27.9 Å². The Balaban J connectivity index is 0.000000236. The van der Waals surface area contributed by atoms with Crippen molar-refractivity contribution < 1.29 is 33.6 Å². The minimum Gasteiger partial charge on any atom is -0.410 e. The van der Waals surface area contributed by atoms with Gasteiger partial charge in [0, 0.05) is 0 Å². The normalized spacial score (nSPS) is 38.0. The van der Waals surface area contributed by atoms with Gasteiger partial charge in [0.15, 0.2) is 16.6 Å². The molecule has 0 bridgehead atoms. The second-order valence-electron chi connectivity index (χ2n) is 32.5. The fraction of sp³-hybridized carbons (Fsp3) is 0.881. The van der Waals surface area contributed by atoms with Crippen molar-refractivity contribution in [2.45, 2.75) is 310 Å². The van der Waals surface area contributed by atoms with E-state index in [0.717, 1.165) is 61.5 Å². The lowest BCUT2D eigenvalue weighted by Gasteiger charge is -2.48. The van der Waals surface area contributed by atoms with Gasteiger partial charge in [-0.15, -0.1) is 0 Å². The maximum Gasteiger partial charge on any atom is 0.192 e. The number of hydrogen-bond acceptors (Lipinski definition) is 7. The van der Waals surface area contributed by atoms with Gasteiger partial charge >= 0.3 is 0 Å². The summed E-state index contributed by atoms with van der Waals surface area (Å²) in [5.41, 5.74) is 5.76. The third kappa shape index (κ3) is 13.9. The van der Waals surface area contributed by atoms with E-state index >= 15 is 0 Å². The molecule has 9 heteroatoms. The summed E-state index contributed by atoms with van der Waals surface area (Å²) in [6.07, 6.45) is 32.3. The van der Waals surface area contributed by atoms with Gasteiger partial charge in [-0.3, -0.25) is 0 Å². The molecule has 76 heavy (non-hydrogen) atoms. The zero-order valence-corrected chi connectivity index (χ0v) is 54.6. The van der Waals surface area contributed by atoms with Crippen LogP contribution in [0.5, 0.6) is 0 Å². The molecule has 3 N–H and O–H groups in total. The lowest BCUT2D eigenvalue weighted by atomic mass is 9.60. The van der Waals surface area contributed by atoms with Crippen molar-refractivity contribution in [3.05, 3.63) is 46.6 Å². The van der Waals surface area contributed by atoms with Crippen LogP contribution in [0.4, 0.5) is 0 Å². The monoisotopic (exact) mass is 1090 g/mol. The highest BCUT2D eigenvalue weighted by Crippen LogP contribution is 2.62. The van der Waals surface area contributed by atoms with Crippen LogP contribution >= 0.6 is 0 Å². The van der Waals surface area contributed by atoms with Crippen molar-refractivity contribution in [1.82, 2.24) is 0 Å². The first-order chi connectivity index (χ1) is 35.0. The number of aliphatic hydroxyl groups is 3. The number of aliphatic hydroxyl groups excluding tert-OH is 2. The Morgan fingerprint density at radius 1 is 0.579 bits per heavy atom. The first kappa shape index (κ1) is 62.7. The molecule has 0 aromatic carbocycles. The van der Waals surface area contributed by atoms with E-state index < -0.39 is 40.0 Å². The Morgan fingerprint density at radius 3 is 1.32 bits per heavy atom. The van der Waals surface area contributed by atoms with Crippen molar-refractivity contribution in [2.24, 2.45) is 51.8 Å². The van der Waals surface area contributed by atoms with Crippen LogP contribution in [-0.2, 0) is 18.3 Å². The summed E-state index contributed by atoms with van der Waals surface area (Å²) >= 11 is 0. The zero-order chi connectivity index (χ0) is 56.3. The summed E-state index contributed by atoms with van der Waals surface area (Å²) in [6.45, 7) is 46.2. The summed E-state index contributed by atoms with van der Waals surface area (Å²) in [6, 6.07) is 0. The molecule has 6 saturated carbocycles. The molecule has 0 aromatic heterocycles. The summed E-state index contributed by atoms with van der Waals surface area (Å²) in [4.78, 5) is 0. The van der Waals surface area contributed by atoms with Crippen molar-refractivity contribution in [3.8, 4) is 0 Å². The van der Waals surface area contributed by atoms with Crippen molar-refractivity contribution in [2.75, 3.05) is 13.2 Å². The standard InChI is InChI=1S/C40H74O3Si2.C27H44O4/c1-29(18-16-24-36(2,3)4)32-22-23-33-31(19-17-25-39(32,33)11)21-20-30-26-34(42-44(12,13)37(5,6)7)40(28-41-40)35(27-30)43-45(14,15)38(8,9)10;1-18(7-5-13-25(2,3)30)21-11-12-22-20(8-6-14-26(21,22)4)10-9-19-15-23(28)27(17-31-27)24(29)16-19/h20-21,29,32-35H,16-19,22-28H2,1-15H3;9-10,18,21-24,28-30H,5-8,11-17H2,1-4H3/b30-20?,31-21+;19-9?,20-10+/t29-,32?,33?,34-,35-,39?,40?;18-,21?,22?,23-,24-,26?,27?/m11/s1. The SMILES string of the molecule is C[C@H](CCCC(C)(C)C)C1CCC2/C(=C/C=C3C[C@@H](O[Si](C)(C)C(C)(C)C)C4(CO4)[C@H](O[Si](C)(C)C(C)(C)C)C3)CCCC21C.C[C@H](CCCC(C)(C)O)C1CCC2/C(=C/C=C3C[C@@H](O)C4(CO4)[C@H](O)C3)CCCC21C. The topological polar surface area (TPSA) is 104 Å². The van der Waals surface area contributed by atoms with Gasteiger partial charge in [-0.05, 0) is 205 Å². The highest BCUT2D eigenvalue weighted by molar-refractivity contribution is 6.74. The van der Waals surface area contributed by atoms with Crippen LogP contribution in [0.15, 0.2) is 46.6 Å². The Bertz CT molecular complexity index is 2040. The fourth-order valence-corrected chi connectivity index (χ4v) is 18.6. The van der Waals surface area contributed by atoms with Crippen molar-refractivity contribution in [3.63, 3.8) is 0 Å². The van der Waals surface area contributed by atoms with Crippen LogP contribution in [0.2, 0.25) is 36.3 Å². The molecule has 2 spiro atoms. The van der Waals surface area contributed by atoms with Crippen LogP contribution in [-0.4, -0.2) is 86.4 Å². The lowest BCUT2D eigenvalue weighted by Crippen LogP contribution is -2.57. The van der Waals surface area contributed by atoms with Gasteiger partial charge in [0.05, 0.1) is 43.2 Å². The minimum atomic E-state index is -1.98. The largest absolute Gasteiger partial charge is 0.410 e. The Hall–Kier alpha value is -0.886. The average molecular weight is 1090 g/mol. The molecule has 6 aliphatic carbocycles. The van der Waals surface area contributed by atoms with E-state index in [9.17, 15) is 15.3 Å². The van der Waals surface area contributed by atoms with E-state index in [4.69, 9.17) is 18.3 Å². The maximum absolute atomic E-state index is 10.4. The summed E-state index contributed by atoms with van der Waals surface area (Å²) < 4.78 is 26.3. The highest BCUT2D eigenvalue weighted by atomic mass is 28.4. The van der Waals surface area contributed by atoms with E-state index in [0.29, 0.717) is 47.5 Å². The Labute approximate surface area is 469 Å². The first-order valence-corrected chi connectivity index (χ1v) is 37.3. The molecular formula is C67H118O7Si2. The van der Waals surface area contributed by atoms with Gasteiger partial charge in [0.1, 0.15) is 11.2 Å². The minimum absolute atomic E-state index is 0.0768. The second-order valence-corrected chi connectivity index (χ2v) is 42.0. The molecule has 7 nitrogen and oxygen atoms in total. The molecule has 0 radical (unpaired) electrons. The molecular weight excluding hydrogens is 973 g/mol. The Kier molecular flexibility index (Phi) is 19.0. The van der Waals surface area contributed by atoms with Gasteiger partial charge in [-0.25, -0.2) is 0 Å². The van der Waals surface area contributed by atoms with E-state index in [1.807, 2.05) is 13.8 Å². The molecule has 0 amide bonds. The molecule has 0 aromatic rings. The second kappa shape index (κ2) is 23.0. The van der Waals surface area contributed by atoms with Crippen LogP contribution < -0.4 is 0 Å². The highest BCUT2D eigenvalue weighted by Gasteiger charge is 2.64. The van der Waals surface area contributed by atoms with Crippen LogP contribution in [0.25, 0.3) is 0 Å². The smallest absolute Gasteiger partial charge is 0.192 e. The van der Waals surface area contributed by atoms with Gasteiger partial charge in [-0.1, -0.05) is 162 Å². The summed E-state index contributed by atoms with van der Waals surface area (Å²) in [5, 5.41) is 31.2. The van der Waals surface area contributed by atoms with Gasteiger partial charge < -0.3 is 33.6 Å². The molecule has 6 unspecified atom stereocenters. The number of epoxide rings is 2. The van der Waals surface area contributed by atoms with E-state index in [1.165, 1.54) is 95.5 Å². The quantitative estimate of drug-likeness (QED) is 0.111. The number of fused-ring (bicyclic) bond motifs is 2. The van der Waals surface area contributed by atoms with Crippen LogP contribution in [0.1, 0.15) is 232 Å². The van der Waals surface area contributed by atoms with Gasteiger partial charge in [0.2, 0.25) is 0 Å². The number of hydrogen-bond donors (Lipinski definition) is 3. The predicted octanol–water partition coefficient (Wildman–Crippen LogP) is 17.2. The molecule has 8 aliphatic rings. The first-order valence-electron chi connectivity index (χ1n) is 31.5. The van der Waals surface area contributed by atoms with Gasteiger partial charge in [0.25, 0.3) is 0 Å². The Morgan fingerprint density at radius 2 is 0.961 bits per heavy atom. The molecule has 8 rings (SSSR count). The number of allylic oxidation sites excluding steroid dienone is 6. The molecule has 12 atom stereocenters. The third-order valence-corrected chi connectivity index (χ3v) is 32.0. The summed E-state index contributed by atoms with van der Waals surface area (Å²) in [5.74, 6) is 4.57. The predicted molar refractivity (Wildman–Crippen MR) is 322 cm³/mol.